The first-order chi connectivity index (χ1) is 17.8. The third-order valence-corrected chi connectivity index (χ3v) is 6.97. The minimum atomic E-state index is -0.404. The van der Waals surface area contributed by atoms with Gasteiger partial charge in [-0.05, 0) is 68.4 Å². The molecule has 3 heterocycles. The van der Waals surface area contributed by atoms with Crippen LogP contribution in [0.4, 0.5) is 5.69 Å². The topological polar surface area (TPSA) is 112 Å². The smallest absolute Gasteiger partial charge is 0.305 e. The summed E-state index contributed by atoms with van der Waals surface area (Å²) < 4.78 is 11.9. The van der Waals surface area contributed by atoms with E-state index in [2.05, 4.69) is 15.2 Å². The zero-order valence-electron chi connectivity index (χ0n) is 21.1. The van der Waals surface area contributed by atoms with Crippen molar-refractivity contribution in [3.05, 3.63) is 81.4 Å². The van der Waals surface area contributed by atoms with Crippen molar-refractivity contribution < 1.29 is 19.2 Å². The molecule has 0 spiro atoms. The van der Waals surface area contributed by atoms with Gasteiger partial charge in [0.15, 0.2) is 5.11 Å². The number of aryl methyl sites for hydroxylation is 1. The maximum Gasteiger partial charge on any atom is 0.305 e. The minimum absolute atomic E-state index is 0.0519. The average molecular weight is 524 g/mol. The number of aromatic nitrogens is 2. The van der Waals surface area contributed by atoms with Crippen molar-refractivity contribution in [2.24, 2.45) is 0 Å². The number of hydrogen-bond acceptors (Lipinski definition) is 7. The number of nitrogens with zero attached hydrogens (tertiary/aromatic N) is 4. The molecular weight excluding hydrogens is 494 g/mol. The summed E-state index contributed by atoms with van der Waals surface area (Å²) in [6.45, 7) is 4.39. The van der Waals surface area contributed by atoms with E-state index >= 15 is 0 Å². The summed E-state index contributed by atoms with van der Waals surface area (Å²) in [7, 11) is 2.85. The van der Waals surface area contributed by atoms with Crippen LogP contribution < -0.4 is 10.1 Å². The van der Waals surface area contributed by atoms with Crippen molar-refractivity contribution in [1.29, 1.82) is 0 Å². The van der Waals surface area contributed by atoms with Crippen LogP contribution in [0.25, 0.3) is 5.69 Å². The van der Waals surface area contributed by atoms with E-state index in [0.29, 0.717) is 29.5 Å². The largest absolute Gasteiger partial charge is 0.496 e. The summed E-state index contributed by atoms with van der Waals surface area (Å²) in [5, 5.41) is 15.9. The van der Waals surface area contributed by atoms with Crippen molar-refractivity contribution >= 4 is 29.0 Å². The summed E-state index contributed by atoms with van der Waals surface area (Å²) in [5.41, 5.74) is 3.87. The molecule has 11 heteroatoms. The molecule has 2 atom stereocenters. The lowest BCUT2D eigenvalue weighted by atomic mass is 9.96. The zero-order valence-corrected chi connectivity index (χ0v) is 21.9. The van der Waals surface area contributed by atoms with Crippen LogP contribution in [0.3, 0.4) is 0 Å². The molecule has 0 bridgehead atoms. The van der Waals surface area contributed by atoms with Gasteiger partial charge in [0.2, 0.25) is 0 Å². The maximum atomic E-state index is 11.9. The fraction of sp³-hybridized carbons (Fsp3) is 0.346. The number of carbonyl (C=O) groups excluding carboxylic acids is 1. The minimum Gasteiger partial charge on any atom is -0.496 e. The molecule has 2 aromatic heterocycles. The van der Waals surface area contributed by atoms with E-state index in [4.69, 9.17) is 21.7 Å². The number of ether oxygens (including phenoxy) is 2. The van der Waals surface area contributed by atoms with Crippen molar-refractivity contribution in [3.63, 3.8) is 0 Å². The Morgan fingerprint density at radius 3 is 2.65 bits per heavy atom. The molecule has 1 N–H and O–H groups in total. The second-order valence-electron chi connectivity index (χ2n) is 8.77. The van der Waals surface area contributed by atoms with Gasteiger partial charge in [0, 0.05) is 30.6 Å². The number of nitro benzene ring substituents is 1. The first kappa shape index (κ1) is 26.1. The summed E-state index contributed by atoms with van der Waals surface area (Å²) >= 11 is 5.72. The number of pyridine rings is 1. The second-order valence-corrected chi connectivity index (χ2v) is 9.16. The third-order valence-electron chi connectivity index (χ3n) is 6.61. The van der Waals surface area contributed by atoms with Crippen LogP contribution >= 0.6 is 12.2 Å². The van der Waals surface area contributed by atoms with Crippen molar-refractivity contribution in [1.82, 2.24) is 19.8 Å². The lowest BCUT2D eigenvalue weighted by molar-refractivity contribution is -0.384. The van der Waals surface area contributed by atoms with Crippen LogP contribution in [-0.2, 0) is 9.53 Å². The molecule has 3 aromatic rings. The molecule has 1 fully saturated rings. The number of benzene rings is 1. The number of esters is 1. The highest BCUT2D eigenvalue weighted by atomic mass is 32.1. The molecule has 0 aliphatic carbocycles. The normalized spacial score (nSPS) is 17.0. The highest BCUT2D eigenvalue weighted by Gasteiger charge is 2.41. The Hall–Kier alpha value is -3.99. The lowest BCUT2D eigenvalue weighted by Gasteiger charge is -2.28. The Balaban J connectivity index is 1.80. The summed E-state index contributed by atoms with van der Waals surface area (Å²) in [6.07, 6.45) is 2.57. The van der Waals surface area contributed by atoms with Crippen LogP contribution in [-0.4, -0.2) is 51.2 Å². The Kier molecular flexibility index (Phi) is 7.72. The number of thiocarbonyl (C=S) groups is 1. The van der Waals surface area contributed by atoms with E-state index in [1.165, 1.54) is 20.3 Å². The molecule has 4 rings (SSSR count). The molecule has 194 valence electrons. The Labute approximate surface area is 220 Å². The fourth-order valence-corrected chi connectivity index (χ4v) is 5.24. The van der Waals surface area contributed by atoms with Crippen LogP contribution in [0, 0.1) is 24.0 Å². The fourth-order valence-electron chi connectivity index (χ4n) is 4.90. The van der Waals surface area contributed by atoms with Crippen LogP contribution in [0.5, 0.6) is 5.75 Å². The van der Waals surface area contributed by atoms with Gasteiger partial charge in [0.25, 0.3) is 5.69 Å². The molecule has 1 saturated heterocycles. The highest BCUT2D eigenvalue weighted by molar-refractivity contribution is 7.80. The van der Waals surface area contributed by atoms with Gasteiger partial charge in [-0.1, -0.05) is 6.07 Å². The van der Waals surface area contributed by atoms with Crippen molar-refractivity contribution in [2.75, 3.05) is 20.8 Å². The first-order valence-corrected chi connectivity index (χ1v) is 12.2. The number of methoxy groups -OCH3 is 2. The van der Waals surface area contributed by atoms with Gasteiger partial charge in [-0.25, -0.2) is 0 Å². The maximum absolute atomic E-state index is 11.9. The highest BCUT2D eigenvalue weighted by Crippen LogP contribution is 2.42. The van der Waals surface area contributed by atoms with Gasteiger partial charge in [-0.15, -0.1) is 0 Å². The zero-order chi connectivity index (χ0) is 26.7. The van der Waals surface area contributed by atoms with Gasteiger partial charge in [0.1, 0.15) is 11.4 Å². The van der Waals surface area contributed by atoms with E-state index in [-0.39, 0.29) is 30.2 Å². The van der Waals surface area contributed by atoms with Crippen LogP contribution in [0.15, 0.2) is 48.7 Å². The number of carbonyl (C=O) groups is 1. The molecule has 2 unspecified atom stereocenters. The van der Waals surface area contributed by atoms with Gasteiger partial charge in [-0.3, -0.25) is 19.9 Å². The Morgan fingerprint density at radius 1 is 1.22 bits per heavy atom. The van der Waals surface area contributed by atoms with Gasteiger partial charge in [-0.2, -0.15) is 0 Å². The molecule has 0 saturated carbocycles. The Morgan fingerprint density at radius 2 is 2.00 bits per heavy atom. The number of nitro groups is 1. The monoisotopic (exact) mass is 523 g/mol. The number of rotatable bonds is 9. The van der Waals surface area contributed by atoms with E-state index in [1.807, 2.05) is 42.7 Å². The van der Waals surface area contributed by atoms with Gasteiger partial charge < -0.3 is 24.3 Å². The molecule has 1 aliphatic rings. The summed E-state index contributed by atoms with van der Waals surface area (Å²) in [6, 6.07) is 12.1. The molecule has 0 amide bonds. The molecule has 0 radical (unpaired) electrons. The van der Waals surface area contributed by atoms with E-state index in [1.54, 1.807) is 18.3 Å². The molecular formula is C26H29N5O5S. The molecule has 10 nitrogen and oxygen atoms in total. The number of nitrogens with one attached hydrogen (secondary N) is 1. The second kappa shape index (κ2) is 11.0. The lowest BCUT2D eigenvalue weighted by Crippen LogP contribution is -2.31. The van der Waals surface area contributed by atoms with Gasteiger partial charge in [0.05, 0.1) is 43.0 Å². The number of hydrogen-bond donors (Lipinski definition) is 1. The SMILES string of the molecule is COC(=O)CCCN1C(=S)NC(c2ccccn2)C1c1cc(C)n(-c2ccc(OC)cc2[N+](=O)[O-])c1C. The predicted molar refractivity (Wildman–Crippen MR) is 142 cm³/mol. The summed E-state index contributed by atoms with van der Waals surface area (Å²) in [4.78, 5) is 29.9. The Bertz CT molecular complexity index is 1330. The standard InChI is InChI=1S/C26H29N5O5S/c1-16-14-19(17(2)30(16)21-11-10-18(35-3)15-22(21)31(33)34)25-24(20-8-5-6-12-27-20)28-26(37)29(25)13-7-9-23(32)36-4/h5-6,8,10-12,14-15,24-25H,7,9,13H2,1-4H3,(H,28,37). The van der Waals surface area contributed by atoms with E-state index < -0.39 is 4.92 Å². The predicted octanol–water partition coefficient (Wildman–Crippen LogP) is 4.33. The van der Waals surface area contributed by atoms with Crippen LogP contribution in [0.1, 0.15) is 47.6 Å². The van der Waals surface area contributed by atoms with Crippen LogP contribution in [0.2, 0.25) is 0 Å². The first-order valence-electron chi connectivity index (χ1n) is 11.8. The third kappa shape index (κ3) is 5.12. The average Bonchev–Trinajstić information content (AvgIpc) is 3.38. The molecule has 37 heavy (non-hydrogen) atoms. The van der Waals surface area contributed by atoms with E-state index in [0.717, 1.165) is 22.6 Å². The van der Waals surface area contributed by atoms with Gasteiger partial charge >= 0.3 is 5.97 Å². The quantitative estimate of drug-likeness (QED) is 0.190. The molecule has 1 aromatic carbocycles. The summed E-state index contributed by atoms with van der Waals surface area (Å²) in [5.74, 6) is 0.136. The van der Waals surface area contributed by atoms with Crippen molar-refractivity contribution in [3.8, 4) is 11.4 Å². The van der Waals surface area contributed by atoms with Crippen molar-refractivity contribution in [2.45, 2.75) is 38.8 Å². The van der Waals surface area contributed by atoms with E-state index in [9.17, 15) is 14.9 Å². The molecule has 1 aliphatic heterocycles.